The Bertz CT molecular complexity index is 1140. The number of hydrogen-bond donors (Lipinski definition) is 2. The topological polar surface area (TPSA) is 90.0 Å². The zero-order valence-corrected chi connectivity index (χ0v) is 17.6. The molecule has 3 N–H and O–H groups in total. The van der Waals surface area contributed by atoms with Crippen LogP contribution in [-0.2, 0) is 13.0 Å². The zero-order chi connectivity index (χ0) is 22.2. The van der Waals surface area contributed by atoms with Crippen LogP contribution < -0.4 is 11.1 Å². The molecule has 1 aromatic heterocycles. The molecule has 1 atom stereocenters. The Balaban J connectivity index is 1.60. The lowest BCUT2D eigenvalue weighted by molar-refractivity contribution is 0.0912. The first-order chi connectivity index (χ1) is 14.7. The number of amides is 2. The number of nitrogens with zero attached hydrogens (tertiary/aromatic N) is 2. The van der Waals surface area contributed by atoms with E-state index in [-0.39, 0.29) is 22.6 Å². The van der Waals surface area contributed by atoms with Gasteiger partial charge in [0.05, 0.1) is 24.3 Å². The van der Waals surface area contributed by atoms with Crippen molar-refractivity contribution in [1.82, 2.24) is 15.1 Å². The molecule has 1 aliphatic carbocycles. The van der Waals surface area contributed by atoms with Crippen LogP contribution in [0.2, 0.25) is 0 Å². The number of fused-ring (bicyclic) bond motifs is 1. The summed E-state index contributed by atoms with van der Waals surface area (Å²) in [7, 11) is 0. The summed E-state index contributed by atoms with van der Waals surface area (Å²) in [5.74, 6) is -2.04. The number of nitrogens with one attached hydrogen (secondary N) is 1. The van der Waals surface area contributed by atoms with Crippen LogP contribution >= 0.6 is 0 Å². The molecule has 0 bridgehead atoms. The summed E-state index contributed by atoms with van der Waals surface area (Å²) in [6.45, 7) is 4.95. The van der Waals surface area contributed by atoms with Crippen molar-refractivity contribution in [2.24, 2.45) is 11.1 Å². The minimum Gasteiger partial charge on any atom is -0.366 e. The van der Waals surface area contributed by atoms with Crippen LogP contribution in [0.5, 0.6) is 0 Å². The van der Waals surface area contributed by atoms with E-state index >= 15 is 0 Å². The molecule has 0 spiro atoms. The quantitative estimate of drug-likeness (QED) is 0.661. The smallest absolute Gasteiger partial charge is 0.254 e. The second kappa shape index (κ2) is 7.98. The summed E-state index contributed by atoms with van der Waals surface area (Å²) in [5.41, 5.74) is 8.21. The first kappa shape index (κ1) is 20.8. The molecule has 3 aromatic rings. The van der Waals surface area contributed by atoms with Gasteiger partial charge in [-0.05, 0) is 42.0 Å². The van der Waals surface area contributed by atoms with Crippen LogP contribution in [0.4, 0.5) is 4.39 Å². The minimum atomic E-state index is -0.774. The number of hydrogen-bond acceptors (Lipinski definition) is 3. The summed E-state index contributed by atoms with van der Waals surface area (Å²) < 4.78 is 16.4. The van der Waals surface area contributed by atoms with Gasteiger partial charge in [-0.1, -0.05) is 44.2 Å². The molecule has 6 nitrogen and oxygen atoms in total. The van der Waals surface area contributed by atoms with Gasteiger partial charge in [0.2, 0.25) is 5.91 Å². The molecule has 7 heteroatoms. The van der Waals surface area contributed by atoms with Crippen molar-refractivity contribution < 1.29 is 14.0 Å². The fourth-order valence-electron chi connectivity index (χ4n) is 4.21. The van der Waals surface area contributed by atoms with E-state index in [2.05, 4.69) is 36.4 Å². The van der Waals surface area contributed by atoms with Crippen molar-refractivity contribution in [2.45, 2.75) is 39.3 Å². The molecule has 1 unspecified atom stereocenters. The van der Waals surface area contributed by atoms with Crippen LogP contribution in [0.15, 0.2) is 54.7 Å². The third-order valence-electron chi connectivity index (χ3n) is 5.74. The van der Waals surface area contributed by atoms with Crippen molar-refractivity contribution in [2.75, 3.05) is 0 Å². The Morgan fingerprint density at radius 3 is 2.65 bits per heavy atom. The monoisotopic (exact) mass is 420 g/mol. The zero-order valence-electron chi connectivity index (χ0n) is 17.6. The lowest BCUT2D eigenvalue weighted by atomic mass is 9.74. The molecule has 31 heavy (non-hydrogen) atoms. The number of carbonyl (C=O) groups excluding carboxylic acids is 2. The Labute approximate surface area is 180 Å². The summed E-state index contributed by atoms with van der Waals surface area (Å²) in [6.07, 6.45) is 3.35. The van der Waals surface area contributed by atoms with E-state index in [1.165, 1.54) is 12.1 Å². The minimum absolute atomic E-state index is 0.0253. The van der Waals surface area contributed by atoms with Crippen molar-refractivity contribution >= 4 is 11.8 Å². The van der Waals surface area contributed by atoms with E-state index in [0.29, 0.717) is 13.0 Å². The van der Waals surface area contributed by atoms with Gasteiger partial charge in [-0.3, -0.25) is 14.3 Å². The number of rotatable bonds is 5. The predicted octanol–water partition coefficient (Wildman–Crippen LogP) is 3.61. The van der Waals surface area contributed by atoms with E-state index in [1.807, 2.05) is 22.9 Å². The second-order valence-electron chi connectivity index (χ2n) is 8.82. The molecule has 4 rings (SSSR count). The first-order valence-corrected chi connectivity index (χ1v) is 10.2. The summed E-state index contributed by atoms with van der Waals surface area (Å²) in [5, 5.41) is 7.54. The Hall–Kier alpha value is -3.48. The molecule has 0 aliphatic heterocycles. The highest BCUT2D eigenvalue weighted by Crippen LogP contribution is 2.41. The number of primary amides is 1. The molecular formula is C24H25FN4O2. The van der Waals surface area contributed by atoms with Crippen molar-refractivity contribution in [3.8, 4) is 0 Å². The third-order valence-corrected chi connectivity index (χ3v) is 5.74. The molecule has 0 fully saturated rings. The van der Waals surface area contributed by atoms with Gasteiger partial charge in [-0.2, -0.15) is 5.10 Å². The predicted molar refractivity (Wildman–Crippen MR) is 115 cm³/mol. The average Bonchev–Trinajstić information content (AvgIpc) is 3.10. The molecule has 0 saturated heterocycles. The molecular weight excluding hydrogens is 395 g/mol. The van der Waals surface area contributed by atoms with Crippen molar-refractivity contribution in [1.29, 1.82) is 0 Å². The summed E-state index contributed by atoms with van der Waals surface area (Å²) in [6, 6.07) is 13.4. The molecule has 0 saturated carbocycles. The number of carbonyl (C=O) groups is 2. The summed E-state index contributed by atoms with van der Waals surface area (Å²) in [4.78, 5) is 24.1. The molecule has 2 amide bonds. The molecule has 1 aliphatic rings. The highest BCUT2D eigenvalue weighted by atomic mass is 19.1. The van der Waals surface area contributed by atoms with Crippen LogP contribution in [0.25, 0.3) is 0 Å². The maximum Gasteiger partial charge on any atom is 0.254 e. The lowest BCUT2D eigenvalue weighted by Crippen LogP contribution is -2.37. The number of nitrogens with two attached hydrogens (primary N) is 1. The maximum absolute atomic E-state index is 14.4. The van der Waals surface area contributed by atoms with Gasteiger partial charge in [0.1, 0.15) is 5.82 Å². The second-order valence-corrected chi connectivity index (χ2v) is 8.82. The summed E-state index contributed by atoms with van der Waals surface area (Å²) >= 11 is 0. The average molecular weight is 420 g/mol. The Kier molecular flexibility index (Phi) is 5.35. The molecule has 2 aromatic carbocycles. The van der Waals surface area contributed by atoms with Gasteiger partial charge in [-0.15, -0.1) is 0 Å². The van der Waals surface area contributed by atoms with Gasteiger partial charge in [0.15, 0.2) is 0 Å². The van der Waals surface area contributed by atoms with Crippen LogP contribution in [0.3, 0.4) is 0 Å². The van der Waals surface area contributed by atoms with E-state index in [0.717, 1.165) is 29.3 Å². The highest BCUT2D eigenvalue weighted by molar-refractivity contribution is 5.97. The number of benzene rings is 2. The normalized spacial score (nSPS) is 17.1. The largest absolute Gasteiger partial charge is 0.366 e. The van der Waals surface area contributed by atoms with Crippen LogP contribution in [0, 0.1) is 11.2 Å². The number of halogens is 1. The van der Waals surface area contributed by atoms with E-state index in [9.17, 15) is 14.0 Å². The van der Waals surface area contributed by atoms with Gasteiger partial charge < -0.3 is 11.1 Å². The number of aromatic nitrogens is 2. The van der Waals surface area contributed by atoms with Crippen LogP contribution in [0.1, 0.15) is 63.8 Å². The SMILES string of the molecule is CC1(C)Cc2c(cnn2Cc2ccccc2)C(NC(=O)c2ccc(C(N)=O)cc2F)C1. The van der Waals surface area contributed by atoms with Crippen molar-refractivity contribution in [3.05, 3.63) is 88.5 Å². The van der Waals surface area contributed by atoms with E-state index in [1.54, 1.807) is 6.20 Å². The molecule has 1 heterocycles. The lowest BCUT2D eigenvalue weighted by Gasteiger charge is -2.36. The van der Waals surface area contributed by atoms with E-state index in [4.69, 9.17) is 5.73 Å². The highest BCUT2D eigenvalue weighted by Gasteiger charge is 2.36. The van der Waals surface area contributed by atoms with Gasteiger partial charge in [0, 0.05) is 16.8 Å². The van der Waals surface area contributed by atoms with Gasteiger partial charge in [-0.25, -0.2) is 4.39 Å². The Morgan fingerprint density at radius 2 is 1.97 bits per heavy atom. The Morgan fingerprint density at radius 1 is 1.23 bits per heavy atom. The maximum atomic E-state index is 14.4. The molecule has 0 radical (unpaired) electrons. The third kappa shape index (κ3) is 4.35. The fraction of sp³-hybridized carbons (Fsp3) is 0.292. The fourth-order valence-corrected chi connectivity index (χ4v) is 4.21. The van der Waals surface area contributed by atoms with E-state index < -0.39 is 17.6 Å². The van der Waals surface area contributed by atoms with Gasteiger partial charge in [0.25, 0.3) is 5.91 Å². The molecule has 160 valence electrons. The first-order valence-electron chi connectivity index (χ1n) is 10.2. The standard InChI is InChI=1S/C24H25FN4O2/c1-24(2)11-20(28-23(31)17-9-8-16(22(26)30)10-19(17)25)18-13-27-29(21(18)12-24)14-15-6-4-3-5-7-15/h3-10,13,20H,11-12,14H2,1-2H3,(H2,26,30)(H,28,31). The van der Waals surface area contributed by atoms with Gasteiger partial charge >= 0.3 is 0 Å². The van der Waals surface area contributed by atoms with Crippen molar-refractivity contribution in [3.63, 3.8) is 0 Å². The van der Waals surface area contributed by atoms with Crippen LogP contribution in [-0.4, -0.2) is 21.6 Å².